The standard InChI is InChI=1S/C8H12O4/c1-5-8(10)7(3-4-11-5)12-6(2)9/h3-5,7-8,10H,1-2H3. The van der Waals surface area contributed by atoms with Crippen molar-refractivity contribution in [1.82, 2.24) is 0 Å². The summed E-state index contributed by atoms with van der Waals surface area (Å²) < 4.78 is 9.80. The van der Waals surface area contributed by atoms with Crippen molar-refractivity contribution in [3.05, 3.63) is 12.3 Å². The van der Waals surface area contributed by atoms with Gasteiger partial charge in [-0.1, -0.05) is 0 Å². The zero-order valence-electron chi connectivity index (χ0n) is 7.06. The molecule has 0 aromatic heterocycles. The van der Waals surface area contributed by atoms with Crippen molar-refractivity contribution in [2.75, 3.05) is 0 Å². The first-order valence-corrected chi connectivity index (χ1v) is 3.78. The molecule has 0 aromatic rings. The molecule has 0 radical (unpaired) electrons. The zero-order chi connectivity index (χ0) is 9.14. The normalized spacial score (nSPS) is 34.1. The molecular weight excluding hydrogens is 160 g/mol. The first kappa shape index (κ1) is 9.06. The number of ether oxygens (including phenoxy) is 2. The molecule has 0 aromatic carbocycles. The molecule has 1 N–H and O–H groups in total. The van der Waals surface area contributed by atoms with Gasteiger partial charge < -0.3 is 14.6 Å². The van der Waals surface area contributed by atoms with Crippen molar-refractivity contribution in [3.63, 3.8) is 0 Å². The maximum absolute atomic E-state index is 10.6. The second-order valence-electron chi connectivity index (χ2n) is 2.73. The maximum atomic E-state index is 10.6. The lowest BCUT2D eigenvalue weighted by Crippen LogP contribution is -2.40. The Hall–Kier alpha value is -1.03. The monoisotopic (exact) mass is 172 g/mol. The summed E-state index contributed by atoms with van der Waals surface area (Å²) in [6, 6.07) is 0. The van der Waals surface area contributed by atoms with Gasteiger partial charge >= 0.3 is 5.97 Å². The number of hydrogen-bond donors (Lipinski definition) is 1. The lowest BCUT2D eigenvalue weighted by Gasteiger charge is -2.28. The first-order chi connectivity index (χ1) is 5.61. The zero-order valence-corrected chi connectivity index (χ0v) is 7.06. The van der Waals surface area contributed by atoms with Crippen LogP contribution in [-0.4, -0.2) is 29.4 Å². The van der Waals surface area contributed by atoms with Crippen molar-refractivity contribution in [3.8, 4) is 0 Å². The van der Waals surface area contributed by atoms with Crippen molar-refractivity contribution < 1.29 is 19.4 Å². The molecule has 3 unspecified atom stereocenters. The number of carbonyl (C=O) groups excluding carboxylic acids is 1. The van der Waals surface area contributed by atoms with E-state index in [0.717, 1.165) is 0 Å². The van der Waals surface area contributed by atoms with Gasteiger partial charge in [0.1, 0.15) is 12.2 Å². The fraction of sp³-hybridized carbons (Fsp3) is 0.625. The fourth-order valence-corrected chi connectivity index (χ4v) is 1.01. The van der Waals surface area contributed by atoms with Crippen LogP contribution in [0.3, 0.4) is 0 Å². The molecule has 0 amide bonds. The van der Waals surface area contributed by atoms with Crippen LogP contribution in [0.15, 0.2) is 12.3 Å². The average Bonchev–Trinajstić information content (AvgIpc) is 1.98. The Balaban J connectivity index is 2.57. The van der Waals surface area contributed by atoms with Crippen molar-refractivity contribution in [2.24, 2.45) is 0 Å². The Morgan fingerprint density at radius 1 is 1.67 bits per heavy atom. The summed E-state index contributed by atoms with van der Waals surface area (Å²) in [4.78, 5) is 10.6. The highest BCUT2D eigenvalue weighted by Gasteiger charge is 2.28. The molecule has 0 fully saturated rings. The van der Waals surface area contributed by atoms with Crippen molar-refractivity contribution >= 4 is 5.97 Å². The van der Waals surface area contributed by atoms with E-state index in [1.165, 1.54) is 19.3 Å². The van der Waals surface area contributed by atoms with Crippen LogP contribution < -0.4 is 0 Å². The maximum Gasteiger partial charge on any atom is 0.303 e. The molecule has 0 bridgehead atoms. The van der Waals surface area contributed by atoms with E-state index < -0.39 is 18.2 Å². The molecule has 0 saturated heterocycles. The van der Waals surface area contributed by atoms with Crippen molar-refractivity contribution in [1.29, 1.82) is 0 Å². The van der Waals surface area contributed by atoms with Crippen LogP contribution in [0.5, 0.6) is 0 Å². The van der Waals surface area contributed by atoms with Gasteiger partial charge in [-0.25, -0.2) is 0 Å². The Morgan fingerprint density at radius 3 is 2.92 bits per heavy atom. The third-order valence-corrected chi connectivity index (χ3v) is 1.68. The van der Waals surface area contributed by atoms with E-state index in [2.05, 4.69) is 0 Å². The smallest absolute Gasteiger partial charge is 0.303 e. The van der Waals surface area contributed by atoms with Gasteiger partial charge in [0, 0.05) is 6.92 Å². The molecule has 1 aliphatic heterocycles. The van der Waals surface area contributed by atoms with Gasteiger partial charge in [-0.3, -0.25) is 4.79 Å². The molecule has 0 aliphatic carbocycles. The van der Waals surface area contributed by atoms with Crippen LogP contribution in [0.1, 0.15) is 13.8 Å². The second-order valence-corrected chi connectivity index (χ2v) is 2.73. The number of aliphatic hydroxyl groups excluding tert-OH is 1. The van der Waals surface area contributed by atoms with Gasteiger partial charge in [0.25, 0.3) is 0 Å². The average molecular weight is 172 g/mol. The van der Waals surface area contributed by atoms with Crippen LogP contribution in [-0.2, 0) is 14.3 Å². The highest BCUT2D eigenvalue weighted by Crippen LogP contribution is 2.14. The molecule has 1 aliphatic rings. The lowest BCUT2D eigenvalue weighted by atomic mass is 10.1. The summed E-state index contributed by atoms with van der Waals surface area (Å²) in [6.45, 7) is 3.02. The van der Waals surface area contributed by atoms with E-state index in [-0.39, 0.29) is 6.10 Å². The minimum Gasteiger partial charge on any atom is -0.496 e. The van der Waals surface area contributed by atoms with E-state index in [4.69, 9.17) is 9.47 Å². The topological polar surface area (TPSA) is 55.8 Å². The predicted molar refractivity (Wildman–Crippen MR) is 41.2 cm³/mol. The Kier molecular flexibility index (Phi) is 2.70. The van der Waals surface area contributed by atoms with Gasteiger partial charge in [-0.2, -0.15) is 0 Å². The molecular formula is C8H12O4. The van der Waals surface area contributed by atoms with Crippen LogP contribution >= 0.6 is 0 Å². The summed E-state index contributed by atoms with van der Waals surface area (Å²) in [6.07, 6.45) is 1.27. The summed E-state index contributed by atoms with van der Waals surface area (Å²) in [7, 11) is 0. The fourth-order valence-electron chi connectivity index (χ4n) is 1.01. The van der Waals surface area contributed by atoms with Crippen molar-refractivity contribution in [2.45, 2.75) is 32.2 Å². The lowest BCUT2D eigenvalue weighted by molar-refractivity contribution is -0.154. The number of esters is 1. The summed E-state index contributed by atoms with van der Waals surface area (Å²) in [5.41, 5.74) is 0. The summed E-state index contributed by atoms with van der Waals surface area (Å²) in [5.74, 6) is -0.405. The van der Waals surface area contributed by atoms with Crippen LogP contribution in [0.25, 0.3) is 0 Å². The quantitative estimate of drug-likeness (QED) is 0.574. The predicted octanol–water partition coefficient (Wildman–Crippen LogP) is 0.211. The summed E-state index contributed by atoms with van der Waals surface area (Å²) >= 11 is 0. The Labute approximate surface area is 70.8 Å². The van der Waals surface area contributed by atoms with Gasteiger partial charge in [-0.05, 0) is 13.0 Å². The van der Waals surface area contributed by atoms with Crippen LogP contribution in [0.2, 0.25) is 0 Å². The van der Waals surface area contributed by atoms with E-state index in [1.54, 1.807) is 6.92 Å². The molecule has 3 atom stereocenters. The number of hydrogen-bond acceptors (Lipinski definition) is 4. The largest absolute Gasteiger partial charge is 0.496 e. The molecule has 1 rings (SSSR count). The second kappa shape index (κ2) is 3.58. The van der Waals surface area contributed by atoms with Gasteiger partial charge in [-0.15, -0.1) is 0 Å². The minimum absolute atomic E-state index is 0.334. The number of rotatable bonds is 1. The summed E-state index contributed by atoms with van der Waals surface area (Å²) in [5, 5.41) is 9.43. The van der Waals surface area contributed by atoms with Crippen LogP contribution in [0, 0.1) is 0 Å². The molecule has 1 heterocycles. The minimum atomic E-state index is -0.779. The van der Waals surface area contributed by atoms with E-state index in [9.17, 15) is 9.90 Å². The van der Waals surface area contributed by atoms with E-state index in [0.29, 0.717) is 0 Å². The molecule has 68 valence electrons. The number of aliphatic hydroxyl groups is 1. The van der Waals surface area contributed by atoms with Gasteiger partial charge in [0.2, 0.25) is 0 Å². The molecule has 12 heavy (non-hydrogen) atoms. The Bertz CT molecular complexity index is 199. The van der Waals surface area contributed by atoms with Crippen LogP contribution in [0.4, 0.5) is 0 Å². The molecule has 0 spiro atoms. The number of carbonyl (C=O) groups is 1. The van der Waals surface area contributed by atoms with Gasteiger partial charge in [0.05, 0.1) is 6.26 Å². The molecule has 4 nitrogen and oxygen atoms in total. The molecule has 0 saturated carbocycles. The third-order valence-electron chi connectivity index (χ3n) is 1.68. The van der Waals surface area contributed by atoms with Gasteiger partial charge in [0.15, 0.2) is 6.10 Å². The Morgan fingerprint density at radius 2 is 2.33 bits per heavy atom. The molecule has 4 heteroatoms. The SMILES string of the molecule is CC(=O)OC1C=COC(C)C1O. The first-order valence-electron chi connectivity index (χ1n) is 3.78. The highest BCUT2D eigenvalue weighted by atomic mass is 16.6. The van der Waals surface area contributed by atoms with E-state index in [1.807, 2.05) is 0 Å². The third kappa shape index (κ3) is 1.98. The van der Waals surface area contributed by atoms with E-state index >= 15 is 0 Å². The highest BCUT2D eigenvalue weighted by molar-refractivity contribution is 5.66.